The standard InChI is InChI=1S/C11H8Cl2N2/c12-9-3-8(4-10(13)6-9)7-1-2-15-11(14)5-7/h1-6H,(H2,14,15). The predicted molar refractivity (Wildman–Crippen MR) is 64.1 cm³/mol. The van der Waals surface area contributed by atoms with Gasteiger partial charge in [0.1, 0.15) is 5.82 Å². The van der Waals surface area contributed by atoms with E-state index in [0.29, 0.717) is 15.9 Å². The van der Waals surface area contributed by atoms with Crippen molar-refractivity contribution >= 4 is 29.0 Å². The number of halogens is 2. The Morgan fingerprint density at radius 3 is 2.20 bits per heavy atom. The van der Waals surface area contributed by atoms with Gasteiger partial charge in [-0.25, -0.2) is 4.98 Å². The van der Waals surface area contributed by atoms with Gasteiger partial charge in [-0.2, -0.15) is 0 Å². The molecular formula is C11H8Cl2N2. The van der Waals surface area contributed by atoms with Gasteiger partial charge in [0.05, 0.1) is 0 Å². The van der Waals surface area contributed by atoms with Crippen molar-refractivity contribution in [3.63, 3.8) is 0 Å². The minimum absolute atomic E-state index is 0.476. The van der Waals surface area contributed by atoms with E-state index < -0.39 is 0 Å². The van der Waals surface area contributed by atoms with Gasteiger partial charge in [0.15, 0.2) is 0 Å². The van der Waals surface area contributed by atoms with Crippen LogP contribution in [0.25, 0.3) is 11.1 Å². The lowest BCUT2D eigenvalue weighted by molar-refractivity contribution is 1.34. The fourth-order valence-electron chi connectivity index (χ4n) is 1.35. The molecule has 0 amide bonds. The second-order valence-corrected chi connectivity index (χ2v) is 4.00. The number of anilines is 1. The van der Waals surface area contributed by atoms with Crippen molar-refractivity contribution in [2.45, 2.75) is 0 Å². The van der Waals surface area contributed by atoms with Gasteiger partial charge < -0.3 is 5.73 Å². The quantitative estimate of drug-likeness (QED) is 0.825. The van der Waals surface area contributed by atoms with Crippen molar-refractivity contribution in [3.05, 3.63) is 46.6 Å². The average Bonchev–Trinajstić information content (AvgIpc) is 2.16. The minimum Gasteiger partial charge on any atom is -0.384 e. The molecule has 1 aromatic heterocycles. The molecule has 0 fully saturated rings. The summed E-state index contributed by atoms with van der Waals surface area (Å²) in [5, 5.41) is 1.21. The van der Waals surface area contributed by atoms with Gasteiger partial charge in [0, 0.05) is 16.2 Å². The molecule has 0 unspecified atom stereocenters. The SMILES string of the molecule is Nc1cc(-c2cc(Cl)cc(Cl)c2)ccn1. The molecule has 1 heterocycles. The maximum Gasteiger partial charge on any atom is 0.123 e. The van der Waals surface area contributed by atoms with E-state index in [1.54, 1.807) is 18.3 Å². The van der Waals surface area contributed by atoms with Gasteiger partial charge in [0.25, 0.3) is 0 Å². The molecule has 2 aromatic rings. The predicted octanol–water partition coefficient (Wildman–Crippen LogP) is 3.64. The summed E-state index contributed by atoms with van der Waals surface area (Å²) < 4.78 is 0. The van der Waals surface area contributed by atoms with Crippen LogP contribution in [0, 0.1) is 0 Å². The lowest BCUT2D eigenvalue weighted by Gasteiger charge is -2.03. The molecule has 1 aromatic carbocycles. The first-order chi connectivity index (χ1) is 7.15. The molecule has 0 aliphatic heterocycles. The third-order valence-corrected chi connectivity index (χ3v) is 2.41. The van der Waals surface area contributed by atoms with Crippen molar-refractivity contribution < 1.29 is 0 Å². The van der Waals surface area contributed by atoms with E-state index in [9.17, 15) is 0 Å². The second kappa shape index (κ2) is 4.09. The molecule has 0 aliphatic rings. The topological polar surface area (TPSA) is 38.9 Å². The molecule has 0 atom stereocenters. The number of hydrogen-bond acceptors (Lipinski definition) is 2. The number of pyridine rings is 1. The van der Waals surface area contributed by atoms with E-state index in [4.69, 9.17) is 28.9 Å². The van der Waals surface area contributed by atoms with Crippen LogP contribution in [0.2, 0.25) is 10.0 Å². The summed E-state index contributed by atoms with van der Waals surface area (Å²) in [4.78, 5) is 3.92. The fourth-order valence-corrected chi connectivity index (χ4v) is 1.87. The van der Waals surface area contributed by atoms with Crippen molar-refractivity contribution in [2.24, 2.45) is 0 Å². The Morgan fingerprint density at radius 2 is 1.60 bits per heavy atom. The van der Waals surface area contributed by atoms with Gasteiger partial charge >= 0.3 is 0 Å². The number of rotatable bonds is 1. The molecule has 2 N–H and O–H groups in total. The highest BCUT2D eigenvalue weighted by molar-refractivity contribution is 6.35. The van der Waals surface area contributed by atoms with Crippen LogP contribution in [0.3, 0.4) is 0 Å². The Morgan fingerprint density at radius 1 is 0.933 bits per heavy atom. The monoisotopic (exact) mass is 238 g/mol. The molecule has 0 bridgehead atoms. The summed E-state index contributed by atoms with van der Waals surface area (Å²) in [6, 6.07) is 9.00. The highest BCUT2D eigenvalue weighted by Gasteiger charge is 2.01. The Labute approximate surface area is 97.7 Å². The second-order valence-electron chi connectivity index (χ2n) is 3.13. The third kappa shape index (κ3) is 2.41. The molecule has 4 heteroatoms. The van der Waals surface area contributed by atoms with Gasteiger partial charge in [-0.1, -0.05) is 23.2 Å². The van der Waals surface area contributed by atoms with Crippen LogP contribution in [-0.2, 0) is 0 Å². The van der Waals surface area contributed by atoms with Gasteiger partial charge in [-0.3, -0.25) is 0 Å². The number of benzene rings is 1. The zero-order valence-corrected chi connectivity index (χ0v) is 9.26. The number of nitrogens with zero attached hydrogens (tertiary/aromatic N) is 1. The van der Waals surface area contributed by atoms with Gasteiger partial charge in [-0.15, -0.1) is 0 Å². The first kappa shape index (κ1) is 10.3. The molecule has 76 valence electrons. The summed E-state index contributed by atoms with van der Waals surface area (Å²) in [7, 11) is 0. The van der Waals surface area contributed by atoms with E-state index in [1.807, 2.05) is 18.2 Å². The Hall–Kier alpha value is -1.25. The molecule has 0 spiro atoms. The average molecular weight is 239 g/mol. The molecule has 0 radical (unpaired) electrons. The van der Waals surface area contributed by atoms with Crippen LogP contribution >= 0.6 is 23.2 Å². The summed E-state index contributed by atoms with van der Waals surface area (Å²) in [5.74, 6) is 0.476. The maximum absolute atomic E-state index is 5.91. The van der Waals surface area contributed by atoms with E-state index in [2.05, 4.69) is 4.98 Å². The lowest BCUT2D eigenvalue weighted by atomic mass is 10.1. The largest absolute Gasteiger partial charge is 0.384 e. The van der Waals surface area contributed by atoms with E-state index in [1.165, 1.54) is 0 Å². The van der Waals surface area contributed by atoms with Crippen LogP contribution in [0.15, 0.2) is 36.5 Å². The van der Waals surface area contributed by atoms with Crippen molar-refractivity contribution in [1.82, 2.24) is 4.98 Å². The van der Waals surface area contributed by atoms with Crippen LogP contribution in [-0.4, -0.2) is 4.98 Å². The fraction of sp³-hybridized carbons (Fsp3) is 0. The third-order valence-electron chi connectivity index (χ3n) is 1.98. The summed E-state index contributed by atoms with van der Waals surface area (Å²) >= 11 is 11.8. The van der Waals surface area contributed by atoms with Crippen LogP contribution in [0.5, 0.6) is 0 Å². The Balaban J connectivity index is 2.54. The first-order valence-corrected chi connectivity index (χ1v) is 5.09. The molecule has 0 saturated heterocycles. The number of nitrogen functional groups attached to an aromatic ring is 1. The number of nitrogens with two attached hydrogens (primary N) is 1. The first-order valence-electron chi connectivity index (χ1n) is 4.33. The van der Waals surface area contributed by atoms with Crippen molar-refractivity contribution in [1.29, 1.82) is 0 Å². The normalized spacial score (nSPS) is 10.3. The molecular weight excluding hydrogens is 231 g/mol. The van der Waals surface area contributed by atoms with Crippen molar-refractivity contribution in [2.75, 3.05) is 5.73 Å². The maximum atomic E-state index is 5.91. The Kier molecular flexibility index (Phi) is 2.80. The highest BCUT2D eigenvalue weighted by atomic mass is 35.5. The minimum atomic E-state index is 0.476. The summed E-state index contributed by atoms with van der Waals surface area (Å²) in [6.07, 6.45) is 1.65. The smallest absolute Gasteiger partial charge is 0.123 e. The van der Waals surface area contributed by atoms with Crippen LogP contribution in [0.1, 0.15) is 0 Å². The highest BCUT2D eigenvalue weighted by Crippen LogP contribution is 2.27. The molecule has 0 saturated carbocycles. The van der Waals surface area contributed by atoms with Gasteiger partial charge in [0.2, 0.25) is 0 Å². The van der Waals surface area contributed by atoms with E-state index in [-0.39, 0.29) is 0 Å². The summed E-state index contributed by atoms with van der Waals surface area (Å²) in [5.41, 5.74) is 7.48. The zero-order chi connectivity index (χ0) is 10.8. The lowest BCUT2D eigenvalue weighted by Crippen LogP contribution is -1.89. The molecule has 2 rings (SSSR count). The Bertz CT molecular complexity index is 477. The molecule has 2 nitrogen and oxygen atoms in total. The number of aromatic nitrogens is 1. The van der Waals surface area contributed by atoms with Gasteiger partial charge in [-0.05, 0) is 41.5 Å². The van der Waals surface area contributed by atoms with E-state index in [0.717, 1.165) is 11.1 Å². The van der Waals surface area contributed by atoms with E-state index >= 15 is 0 Å². The van der Waals surface area contributed by atoms with Crippen LogP contribution < -0.4 is 5.73 Å². The molecule has 15 heavy (non-hydrogen) atoms. The van der Waals surface area contributed by atoms with Crippen molar-refractivity contribution in [3.8, 4) is 11.1 Å². The molecule has 0 aliphatic carbocycles. The summed E-state index contributed by atoms with van der Waals surface area (Å²) in [6.45, 7) is 0. The zero-order valence-electron chi connectivity index (χ0n) is 7.74. The number of hydrogen-bond donors (Lipinski definition) is 1. The van der Waals surface area contributed by atoms with Crippen LogP contribution in [0.4, 0.5) is 5.82 Å².